The van der Waals surface area contributed by atoms with E-state index in [1.165, 1.54) is 18.4 Å². The average molecular weight is 397 g/mol. The number of imidazole rings is 1. The molecule has 1 N–H and O–H groups in total. The first-order chi connectivity index (χ1) is 14.2. The van der Waals surface area contributed by atoms with E-state index in [4.69, 9.17) is 9.52 Å². The number of alkyl halides is 2. The molecule has 1 atom stereocenters. The third-order valence-electron chi connectivity index (χ3n) is 5.64. The molecule has 1 saturated carbocycles. The summed E-state index contributed by atoms with van der Waals surface area (Å²) < 4.78 is 33.1. The van der Waals surface area contributed by atoms with Crippen LogP contribution in [0.3, 0.4) is 0 Å². The number of fused-ring (bicyclic) bond motifs is 2. The van der Waals surface area contributed by atoms with Crippen LogP contribution >= 0.6 is 0 Å². The molecule has 1 aliphatic carbocycles. The largest absolute Gasteiger partial charge is 0.402 e. The fraction of sp³-hybridized carbons (Fsp3) is 0.368. The summed E-state index contributed by atoms with van der Waals surface area (Å²) in [4.78, 5) is 9.46. The van der Waals surface area contributed by atoms with Crippen molar-refractivity contribution in [1.29, 1.82) is 0 Å². The molecule has 4 aromatic heterocycles. The Balaban J connectivity index is 1.48. The summed E-state index contributed by atoms with van der Waals surface area (Å²) in [5.41, 5.74) is 4.91. The number of H-pyrrole nitrogens is 1. The second-order valence-electron chi connectivity index (χ2n) is 7.47. The van der Waals surface area contributed by atoms with Gasteiger partial charge in [-0.15, -0.1) is 5.10 Å². The summed E-state index contributed by atoms with van der Waals surface area (Å²) in [7, 11) is 0. The molecular formula is C19H17F2N7O. The van der Waals surface area contributed by atoms with E-state index in [-0.39, 0.29) is 6.01 Å². The fourth-order valence-corrected chi connectivity index (χ4v) is 4.14. The molecule has 0 aromatic carbocycles. The Morgan fingerprint density at radius 3 is 2.93 bits per heavy atom. The highest BCUT2D eigenvalue weighted by atomic mass is 19.3. The van der Waals surface area contributed by atoms with Crippen LogP contribution in [-0.4, -0.2) is 36.3 Å². The van der Waals surface area contributed by atoms with Gasteiger partial charge in [-0.1, -0.05) is 11.2 Å². The van der Waals surface area contributed by atoms with E-state index in [1.807, 2.05) is 16.8 Å². The molecule has 6 rings (SSSR count). The normalized spacial score (nSPS) is 19.3. The van der Waals surface area contributed by atoms with Gasteiger partial charge in [0.1, 0.15) is 6.04 Å². The van der Waals surface area contributed by atoms with Gasteiger partial charge in [0.2, 0.25) is 0 Å². The molecule has 5 heterocycles. The fourth-order valence-electron chi connectivity index (χ4n) is 4.14. The summed E-state index contributed by atoms with van der Waals surface area (Å²) in [5, 5.41) is 12.1. The molecule has 4 aromatic rings. The number of halogens is 2. The number of aromatic amines is 1. The van der Waals surface area contributed by atoms with Crippen LogP contribution in [0.1, 0.15) is 59.8 Å². The molecule has 1 aliphatic heterocycles. The smallest absolute Gasteiger partial charge is 0.319 e. The number of anilines is 1. The molecular weight excluding hydrogens is 380 g/mol. The van der Waals surface area contributed by atoms with E-state index in [2.05, 4.69) is 32.3 Å². The molecule has 0 amide bonds. The van der Waals surface area contributed by atoms with Crippen molar-refractivity contribution in [2.75, 3.05) is 11.4 Å². The van der Waals surface area contributed by atoms with Gasteiger partial charge in [0.05, 0.1) is 23.2 Å². The minimum Gasteiger partial charge on any atom is -0.402 e. The number of hydrogen-bond donors (Lipinski definition) is 1. The maximum atomic E-state index is 13.0. The lowest BCUT2D eigenvalue weighted by molar-refractivity contribution is 0.115. The Hall–Kier alpha value is -3.30. The van der Waals surface area contributed by atoms with Crippen molar-refractivity contribution in [2.45, 2.75) is 37.6 Å². The summed E-state index contributed by atoms with van der Waals surface area (Å²) >= 11 is 0. The summed E-state index contributed by atoms with van der Waals surface area (Å²) in [5.74, 6) is -0.103. The van der Waals surface area contributed by atoms with Gasteiger partial charge in [-0.05, 0) is 36.5 Å². The number of nitrogens with one attached hydrogen (secondary N) is 1. The lowest BCUT2D eigenvalue weighted by atomic mass is 10.00. The molecule has 0 spiro atoms. The van der Waals surface area contributed by atoms with Crippen LogP contribution in [0.5, 0.6) is 0 Å². The van der Waals surface area contributed by atoms with Gasteiger partial charge >= 0.3 is 12.4 Å². The molecule has 0 bridgehead atoms. The van der Waals surface area contributed by atoms with Crippen LogP contribution in [0.15, 0.2) is 35.1 Å². The molecule has 2 aliphatic rings. The van der Waals surface area contributed by atoms with Crippen LogP contribution in [0.2, 0.25) is 0 Å². The zero-order chi connectivity index (χ0) is 19.5. The summed E-state index contributed by atoms with van der Waals surface area (Å²) in [6, 6.07) is 5.85. The van der Waals surface area contributed by atoms with Crippen molar-refractivity contribution in [3.8, 4) is 0 Å². The molecule has 10 heteroatoms. The maximum Gasteiger partial charge on any atom is 0.319 e. The zero-order valence-corrected chi connectivity index (χ0v) is 15.3. The van der Waals surface area contributed by atoms with Crippen LogP contribution in [0.25, 0.3) is 5.52 Å². The van der Waals surface area contributed by atoms with E-state index < -0.39 is 18.4 Å². The Morgan fingerprint density at radius 2 is 2.14 bits per heavy atom. The highest BCUT2D eigenvalue weighted by Crippen LogP contribution is 2.43. The van der Waals surface area contributed by atoms with Crippen LogP contribution in [0.4, 0.5) is 14.8 Å². The van der Waals surface area contributed by atoms with Crippen molar-refractivity contribution < 1.29 is 13.2 Å². The summed E-state index contributed by atoms with van der Waals surface area (Å²) in [6.07, 6.45) is 3.81. The lowest BCUT2D eigenvalue weighted by Crippen LogP contribution is -2.36. The standard InChI is InChI=1S/C19H17F2N7O/c20-17(21)18-24-25-19(29-18)27-7-5-12-15(23-9-22-12)16(27)13-8-14-11(10-3-4-10)2-1-6-28(14)26-13/h1-2,6,8-10,16-17H,3-5,7H2,(H,22,23). The highest BCUT2D eigenvalue weighted by molar-refractivity contribution is 5.59. The molecule has 1 fully saturated rings. The van der Waals surface area contributed by atoms with E-state index in [0.717, 1.165) is 22.6 Å². The SMILES string of the molecule is FC(F)c1nnc(N2CCc3[nH]cnc3C2c2cc3c(C4CC4)cccn3n2)o1. The minimum absolute atomic E-state index is 0.0541. The predicted molar refractivity (Wildman–Crippen MR) is 97.9 cm³/mol. The first kappa shape index (κ1) is 16.6. The third kappa shape index (κ3) is 2.62. The maximum absolute atomic E-state index is 13.0. The molecule has 8 nitrogen and oxygen atoms in total. The second kappa shape index (κ2) is 6.10. The van der Waals surface area contributed by atoms with E-state index in [0.29, 0.717) is 18.9 Å². The van der Waals surface area contributed by atoms with Gasteiger partial charge in [0, 0.05) is 24.9 Å². The molecule has 0 radical (unpaired) electrons. The van der Waals surface area contributed by atoms with Gasteiger partial charge in [-0.2, -0.15) is 13.9 Å². The Kier molecular flexibility index (Phi) is 3.50. The highest BCUT2D eigenvalue weighted by Gasteiger charge is 2.37. The first-order valence-electron chi connectivity index (χ1n) is 9.57. The predicted octanol–water partition coefficient (Wildman–Crippen LogP) is 3.41. The molecule has 148 valence electrons. The van der Waals surface area contributed by atoms with E-state index in [1.54, 1.807) is 11.2 Å². The second-order valence-corrected chi connectivity index (χ2v) is 7.47. The van der Waals surface area contributed by atoms with Crippen LogP contribution < -0.4 is 4.90 Å². The topological polar surface area (TPSA) is 88.1 Å². The third-order valence-corrected chi connectivity index (χ3v) is 5.64. The molecule has 0 saturated heterocycles. The first-order valence-corrected chi connectivity index (χ1v) is 9.57. The van der Waals surface area contributed by atoms with Gasteiger partial charge in [-0.25, -0.2) is 9.50 Å². The van der Waals surface area contributed by atoms with Crippen molar-refractivity contribution in [3.05, 3.63) is 59.3 Å². The Morgan fingerprint density at radius 1 is 1.24 bits per heavy atom. The van der Waals surface area contributed by atoms with E-state index in [9.17, 15) is 8.78 Å². The Bertz CT molecular complexity index is 1190. The van der Waals surface area contributed by atoms with Gasteiger partial charge in [0.15, 0.2) is 0 Å². The van der Waals surface area contributed by atoms with Crippen molar-refractivity contribution in [2.24, 2.45) is 0 Å². The van der Waals surface area contributed by atoms with Gasteiger partial charge in [-0.3, -0.25) is 0 Å². The monoisotopic (exact) mass is 397 g/mol. The zero-order valence-electron chi connectivity index (χ0n) is 15.3. The lowest BCUT2D eigenvalue weighted by Gasteiger charge is -2.32. The van der Waals surface area contributed by atoms with Crippen molar-refractivity contribution in [1.82, 2.24) is 29.8 Å². The molecule has 1 unspecified atom stereocenters. The van der Waals surface area contributed by atoms with Crippen LogP contribution in [0, 0.1) is 0 Å². The van der Waals surface area contributed by atoms with E-state index >= 15 is 0 Å². The average Bonchev–Trinajstić information content (AvgIpc) is 3.12. The van der Waals surface area contributed by atoms with Gasteiger partial charge in [0.25, 0.3) is 5.89 Å². The number of rotatable bonds is 4. The minimum atomic E-state index is -2.81. The van der Waals surface area contributed by atoms with Crippen molar-refractivity contribution >= 4 is 11.5 Å². The van der Waals surface area contributed by atoms with Crippen molar-refractivity contribution in [3.63, 3.8) is 0 Å². The Labute approximate surface area is 163 Å². The molecule has 29 heavy (non-hydrogen) atoms. The number of nitrogens with zero attached hydrogens (tertiary/aromatic N) is 6. The quantitative estimate of drug-likeness (QED) is 0.568. The number of aromatic nitrogens is 6. The number of hydrogen-bond acceptors (Lipinski definition) is 6. The number of pyridine rings is 1. The van der Waals surface area contributed by atoms with Gasteiger partial charge < -0.3 is 14.3 Å². The summed E-state index contributed by atoms with van der Waals surface area (Å²) in [6.45, 7) is 0.522. The van der Waals surface area contributed by atoms with Crippen LogP contribution in [-0.2, 0) is 6.42 Å².